The maximum atomic E-state index is 3.94. The number of hydrogen-bond donors (Lipinski definition) is 1. The Balaban J connectivity index is 2.32. The molecule has 0 aliphatic rings. The summed E-state index contributed by atoms with van der Waals surface area (Å²) in [6.07, 6.45) is 0. The van der Waals surface area contributed by atoms with Crippen LogP contribution in [0.2, 0.25) is 0 Å². The van der Waals surface area contributed by atoms with E-state index in [2.05, 4.69) is 68.2 Å². The molecule has 1 heteroatoms. The topological polar surface area (TPSA) is 12.0 Å². The van der Waals surface area contributed by atoms with Crippen molar-refractivity contribution in [3.63, 3.8) is 0 Å². The minimum absolute atomic E-state index is 0.0387. The van der Waals surface area contributed by atoms with Gasteiger partial charge in [0.25, 0.3) is 0 Å². The molecular formula is C17H21N. The zero-order valence-electron chi connectivity index (χ0n) is 11.5. The Morgan fingerprint density at radius 1 is 1.11 bits per heavy atom. The minimum Gasteiger partial charge on any atom is -0.304 e. The molecule has 0 fully saturated rings. The number of benzene rings is 2. The van der Waals surface area contributed by atoms with Gasteiger partial charge in [-0.25, -0.2) is 0 Å². The summed E-state index contributed by atoms with van der Waals surface area (Å²) in [5, 5.41) is 6.12. The molecule has 0 spiro atoms. The zero-order chi connectivity index (χ0) is 13.2. The fourth-order valence-electron chi connectivity index (χ4n) is 2.05. The van der Waals surface area contributed by atoms with Gasteiger partial charge < -0.3 is 5.32 Å². The first-order valence-corrected chi connectivity index (χ1v) is 6.38. The highest BCUT2D eigenvalue weighted by Gasteiger charge is 2.19. The third-order valence-corrected chi connectivity index (χ3v) is 3.30. The van der Waals surface area contributed by atoms with Gasteiger partial charge in [0.15, 0.2) is 0 Å². The summed E-state index contributed by atoms with van der Waals surface area (Å²) in [4.78, 5) is 0. The highest BCUT2D eigenvalue weighted by molar-refractivity contribution is 5.83. The van der Waals surface area contributed by atoms with Crippen molar-refractivity contribution in [3.8, 4) is 0 Å². The first-order valence-electron chi connectivity index (χ1n) is 6.38. The Morgan fingerprint density at radius 3 is 2.44 bits per heavy atom. The smallest absolute Gasteiger partial charge is 0.0380 e. The van der Waals surface area contributed by atoms with E-state index in [1.54, 1.807) is 0 Å². The molecule has 0 saturated carbocycles. The molecule has 2 aromatic carbocycles. The van der Waals surface area contributed by atoms with Crippen molar-refractivity contribution >= 4 is 10.8 Å². The van der Waals surface area contributed by atoms with E-state index in [-0.39, 0.29) is 5.54 Å². The predicted octanol–water partition coefficient (Wildman–Crippen LogP) is 4.24. The normalized spacial score (nSPS) is 11.7. The number of nitrogens with one attached hydrogen (secondary N) is 1. The van der Waals surface area contributed by atoms with E-state index in [1.807, 2.05) is 6.92 Å². The van der Waals surface area contributed by atoms with Crippen LogP contribution in [0.1, 0.15) is 26.3 Å². The van der Waals surface area contributed by atoms with Crippen LogP contribution in [-0.4, -0.2) is 6.54 Å². The number of fused-ring (bicyclic) bond motifs is 1. The van der Waals surface area contributed by atoms with Gasteiger partial charge in [0.05, 0.1) is 0 Å². The third kappa shape index (κ3) is 2.80. The van der Waals surface area contributed by atoms with Crippen LogP contribution < -0.4 is 5.32 Å². The summed E-state index contributed by atoms with van der Waals surface area (Å²) in [5.41, 5.74) is 2.43. The molecule has 0 aromatic heterocycles. The standard InChI is InChI=1S/C17H21N/c1-13(2)12-18-17(3,4)16-10-9-14-7-5-6-8-15(14)11-16/h5-11,18H,1,12H2,2-4H3. The van der Waals surface area contributed by atoms with Crippen LogP contribution in [0.25, 0.3) is 10.8 Å². The van der Waals surface area contributed by atoms with Gasteiger partial charge in [-0.3, -0.25) is 0 Å². The van der Waals surface area contributed by atoms with Gasteiger partial charge in [-0.15, -0.1) is 0 Å². The van der Waals surface area contributed by atoms with Crippen molar-refractivity contribution in [1.29, 1.82) is 0 Å². The highest BCUT2D eigenvalue weighted by atomic mass is 14.9. The fourth-order valence-corrected chi connectivity index (χ4v) is 2.05. The fraction of sp³-hybridized carbons (Fsp3) is 0.294. The molecule has 0 heterocycles. The van der Waals surface area contributed by atoms with E-state index in [4.69, 9.17) is 0 Å². The molecule has 0 aliphatic heterocycles. The second kappa shape index (κ2) is 4.95. The molecule has 0 saturated heterocycles. The van der Waals surface area contributed by atoms with Gasteiger partial charge in [-0.1, -0.05) is 48.6 Å². The lowest BCUT2D eigenvalue weighted by Crippen LogP contribution is -2.37. The molecule has 0 amide bonds. The second-order valence-corrected chi connectivity index (χ2v) is 5.50. The third-order valence-electron chi connectivity index (χ3n) is 3.30. The minimum atomic E-state index is -0.0387. The van der Waals surface area contributed by atoms with E-state index < -0.39 is 0 Å². The monoisotopic (exact) mass is 239 g/mol. The van der Waals surface area contributed by atoms with Crippen molar-refractivity contribution in [3.05, 3.63) is 60.2 Å². The average molecular weight is 239 g/mol. The van der Waals surface area contributed by atoms with Crippen molar-refractivity contribution in [2.24, 2.45) is 0 Å². The van der Waals surface area contributed by atoms with Gasteiger partial charge in [-0.05, 0) is 43.2 Å². The molecule has 2 aromatic rings. The maximum Gasteiger partial charge on any atom is 0.0380 e. The number of hydrogen-bond acceptors (Lipinski definition) is 1. The largest absolute Gasteiger partial charge is 0.304 e. The Kier molecular flexibility index (Phi) is 3.53. The molecule has 1 N–H and O–H groups in total. The van der Waals surface area contributed by atoms with Crippen molar-refractivity contribution in [2.75, 3.05) is 6.54 Å². The van der Waals surface area contributed by atoms with Crippen LogP contribution in [0, 0.1) is 0 Å². The quantitative estimate of drug-likeness (QED) is 0.787. The van der Waals surface area contributed by atoms with Gasteiger partial charge in [-0.2, -0.15) is 0 Å². The van der Waals surface area contributed by atoms with Crippen molar-refractivity contribution in [2.45, 2.75) is 26.3 Å². The van der Waals surface area contributed by atoms with E-state index >= 15 is 0 Å². The van der Waals surface area contributed by atoms with Gasteiger partial charge in [0, 0.05) is 12.1 Å². The average Bonchev–Trinajstić information content (AvgIpc) is 2.36. The molecule has 2 rings (SSSR count). The summed E-state index contributed by atoms with van der Waals surface area (Å²) in [6.45, 7) is 11.2. The molecule has 1 nitrogen and oxygen atoms in total. The molecule has 0 unspecified atom stereocenters. The van der Waals surface area contributed by atoms with Crippen molar-refractivity contribution in [1.82, 2.24) is 5.32 Å². The van der Waals surface area contributed by atoms with E-state index in [9.17, 15) is 0 Å². The molecular weight excluding hydrogens is 218 g/mol. The van der Waals surface area contributed by atoms with Crippen LogP contribution in [0.5, 0.6) is 0 Å². The van der Waals surface area contributed by atoms with Crippen LogP contribution >= 0.6 is 0 Å². The van der Waals surface area contributed by atoms with E-state index in [0.29, 0.717) is 0 Å². The molecule has 94 valence electrons. The van der Waals surface area contributed by atoms with E-state index in [1.165, 1.54) is 16.3 Å². The second-order valence-electron chi connectivity index (χ2n) is 5.50. The summed E-state index contributed by atoms with van der Waals surface area (Å²) < 4.78 is 0. The van der Waals surface area contributed by atoms with Crippen LogP contribution in [-0.2, 0) is 5.54 Å². The van der Waals surface area contributed by atoms with Crippen LogP contribution in [0.3, 0.4) is 0 Å². The van der Waals surface area contributed by atoms with Crippen molar-refractivity contribution < 1.29 is 0 Å². The molecule has 0 bridgehead atoms. The predicted molar refractivity (Wildman–Crippen MR) is 79.8 cm³/mol. The summed E-state index contributed by atoms with van der Waals surface area (Å²) in [7, 11) is 0. The Hall–Kier alpha value is -1.60. The number of rotatable bonds is 4. The SMILES string of the molecule is C=C(C)CNC(C)(C)c1ccc2ccccc2c1. The molecule has 18 heavy (non-hydrogen) atoms. The van der Waals surface area contributed by atoms with Gasteiger partial charge in [0.2, 0.25) is 0 Å². The van der Waals surface area contributed by atoms with E-state index in [0.717, 1.165) is 12.1 Å². The summed E-state index contributed by atoms with van der Waals surface area (Å²) in [6, 6.07) is 15.1. The summed E-state index contributed by atoms with van der Waals surface area (Å²) >= 11 is 0. The molecule has 0 aliphatic carbocycles. The highest BCUT2D eigenvalue weighted by Crippen LogP contribution is 2.24. The maximum absolute atomic E-state index is 3.94. The first-order chi connectivity index (χ1) is 8.49. The Bertz CT molecular complexity index is 567. The Labute approximate surface area is 110 Å². The van der Waals surface area contributed by atoms with Crippen LogP contribution in [0.15, 0.2) is 54.6 Å². The Morgan fingerprint density at radius 2 is 1.78 bits per heavy atom. The lowest BCUT2D eigenvalue weighted by Gasteiger charge is -2.27. The summed E-state index contributed by atoms with van der Waals surface area (Å²) in [5.74, 6) is 0. The lowest BCUT2D eigenvalue weighted by molar-refractivity contribution is 0.421. The van der Waals surface area contributed by atoms with Gasteiger partial charge >= 0.3 is 0 Å². The first kappa shape index (κ1) is 12.8. The van der Waals surface area contributed by atoms with Crippen LogP contribution in [0.4, 0.5) is 0 Å². The molecule has 0 radical (unpaired) electrons. The lowest BCUT2D eigenvalue weighted by atomic mass is 9.92. The van der Waals surface area contributed by atoms with Gasteiger partial charge in [0.1, 0.15) is 0 Å². The molecule has 0 atom stereocenters. The zero-order valence-corrected chi connectivity index (χ0v) is 11.5.